The number of nitrogens with zero attached hydrogens (tertiary/aromatic N) is 1. The summed E-state index contributed by atoms with van der Waals surface area (Å²) in [5.74, 6) is 0.747. The number of halogens is 2. The van der Waals surface area contributed by atoms with E-state index in [9.17, 15) is 9.59 Å². The first kappa shape index (κ1) is 20.8. The zero-order valence-electron chi connectivity index (χ0n) is 15.8. The van der Waals surface area contributed by atoms with Gasteiger partial charge >= 0.3 is 0 Å². The van der Waals surface area contributed by atoms with Gasteiger partial charge in [0.1, 0.15) is 11.5 Å². The van der Waals surface area contributed by atoms with Crippen LogP contribution in [0.2, 0.25) is 10.0 Å². The molecule has 0 aliphatic carbocycles. The predicted molar refractivity (Wildman–Crippen MR) is 122 cm³/mol. The molecule has 0 bridgehead atoms. The third-order valence-electron chi connectivity index (χ3n) is 4.66. The number of benzene rings is 2. The Hall–Kier alpha value is -2.47. The van der Waals surface area contributed by atoms with Crippen molar-refractivity contribution in [3.63, 3.8) is 0 Å². The molecule has 0 saturated carbocycles. The fourth-order valence-corrected chi connectivity index (χ4v) is 4.52. The molecule has 30 heavy (non-hydrogen) atoms. The van der Waals surface area contributed by atoms with Gasteiger partial charge in [0.05, 0.1) is 9.93 Å². The van der Waals surface area contributed by atoms with Crippen molar-refractivity contribution in [1.82, 2.24) is 4.90 Å². The average Bonchev–Trinajstić information content (AvgIpc) is 3.29. The molecule has 1 aromatic heterocycles. The van der Waals surface area contributed by atoms with Crippen LogP contribution in [0.5, 0.6) is 0 Å². The third-order valence-corrected chi connectivity index (χ3v) is 6.12. The van der Waals surface area contributed by atoms with E-state index < -0.39 is 0 Å². The van der Waals surface area contributed by atoms with Crippen LogP contribution < -0.4 is 0 Å². The van der Waals surface area contributed by atoms with E-state index in [1.807, 2.05) is 30.3 Å². The number of carbonyl (C=O) groups excluding carboxylic acids is 2. The number of imide groups is 1. The summed E-state index contributed by atoms with van der Waals surface area (Å²) < 4.78 is 5.81. The standard InChI is InChI=1S/C23H17Cl2NO3S/c24-16-8-10-18(19(25)13-16)20-11-9-17(29-20)14-21-22(27)26(23(28)30-21)12-4-7-15-5-2-1-3-6-15/h1-3,5-6,8-11,13-14H,4,7,12H2/b21-14-. The molecular weight excluding hydrogens is 441 g/mol. The predicted octanol–water partition coefficient (Wildman–Crippen LogP) is 6.92. The van der Waals surface area contributed by atoms with Crippen molar-refractivity contribution in [2.45, 2.75) is 12.8 Å². The summed E-state index contributed by atoms with van der Waals surface area (Å²) in [6, 6.07) is 18.6. The molecule has 0 atom stereocenters. The number of hydrogen-bond acceptors (Lipinski definition) is 4. The molecule has 4 rings (SSSR count). The normalized spacial score (nSPS) is 15.4. The van der Waals surface area contributed by atoms with Crippen molar-refractivity contribution in [2.24, 2.45) is 0 Å². The van der Waals surface area contributed by atoms with Crippen LogP contribution in [-0.2, 0) is 11.2 Å². The highest BCUT2D eigenvalue weighted by molar-refractivity contribution is 8.18. The molecule has 7 heteroatoms. The zero-order valence-corrected chi connectivity index (χ0v) is 18.1. The van der Waals surface area contributed by atoms with Gasteiger partial charge in [0.15, 0.2) is 0 Å². The van der Waals surface area contributed by atoms with E-state index in [2.05, 4.69) is 0 Å². The molecule has 1 aliphatic rings. The SMILES string of the molecule is O=C1S/C(=C\c2ccc(-c3ccc(Cl)cc3Cl)o2)C(=O)N1CCCc1ccccc1. The second kappa shape index (κ2) is 9.13. The Morgan fingerprint density at radius 1 is 1.00 bits per heavy atom. The van der Waals surface area contributed by atoms with Crippen LogP contribution in [0.1, 0.15) is 17.7 Å². The number of thioether (sulfide) groups is 1. The summed E-state index contributed by atoms with van der Waals surface area (Å²) in [5.41, 5.74) is 1.89. The highest BCUT2D eigenvalue weighted by Gasteiger charge is 2.34. The maximum Gasteiger partial charge on any atom is 0.293 e. The van der Waals surface area contributed by atoms with E-state index in [-0.39, 0.29) is 11.1 Å². The highest BCUT2D eigenvalue weighted by Crippen LogP contribution is 2.35. The van der Waals surface area contributed by atoms with Crippen LogP contribution in [0, 0.1) is 0 Å². The molecule has 152 valence electrons. The largest absolute Gasteiger partial charge is 0.457 e. The van der Waals surface area contributed by atoms with Gasteiger partial charge in [0.25, 0.3) is 11.1 Å². The topological polar surface area (TPSA) is 50.5 Å². The summed E-state index contributed by atoms with van der Waals surface area (Å²) in [6.45, 7) is 0.390. The maximum atomic E-state index is 12.7. The van der Waals surface area contributed by atoms with E-state index in [0.29, 0.717) is 38.6 Å². The first-order valence-electron chi connectivity index (χ1n) is 9.36. The molecule has 0 unspecified atom stereocenters. The van der Waals surface area contributed by atoms with Gasteiger partial charge in [-0.25, -0.2) is 0 Å². The molecule has 0 N–H and O–H groups in total. The molecule has 2 heterocycles. The van der Waals surface area contributed by atoms with Gasteiger partial charge in [-0.15, -0.1) is 0 Å². The molecule has 2 aromatic carbocycles. The van der Waals surface area contributed by atoms with Gasteiger partial charge in [0, 0.05) is 23.2 Å². The third kappa shape index (κ3) is 4.64. The van der Waals surface area contributed by atoms with Gasteiger partial charge in [-0.2, -0.15) is 0 Å². The number of rotatable bonds is 6. The van der Waals surface area contributed by atoms with Crippen molar-refractivity contribution in [1.29, 1.82) is 0 Å². The van der Waals surface area contributed by atoms with Gasteiger partial charge in [0.2, 0.25) is 0 Å². The first-order chi connectivity index (χ1) is 14.5. The fourth-order valence-electron chi connectivity index (χ4n) is 3.17. The lowest BCUT2D eigenvalue weighted by molar-refractivity contribution is -0.122. The first-order valence-corrected chi connectivity index (χ1v) is 10.9. The summed E-state index contributed by atoms with van der Waals surface area (Å²) in [4.78, 5) is 26.6. The van der Waals surface area contributed by atoms with Crippen molar-refractivity contribution >= 4 is 52.2 Å². The van der Waals surface area contributed by atoms with Gasteiger partial charge in [-0.1, -0.05) is 53.5 Å². The Labute approximate surface area is 188 Å². The Morgan fingerprint density at radius 2 is 1.80 bits per heavy atom. The van der Waals surface area contributed by atoms with Crippen molar-refractivity contribution in [2.75, 3.05) is 6.54 Å². The lowest BCUT2D eigenvalue weighted by atomic mass is 10.1. The number of amides is 2. The molecule has 1 saturated heterocycles. The van der Waals surface area contributed by atoms with E-state index >= 15 is 0 Å². The van der Waals surface area contributed by atoms with Gasteiger partial charge in [-0.05, 0) is 60.5 Å². The molecule has 0 spiro atoms. The van der Waals surface area contributed by atoms with Gasteiger partial charge < -0.3 is 4.42 Å². The quantitative estimate of drug-likeness (QED) is 0.376. The summed E-state index contributed by atoms with van der Waals surface area (Å²) in [7, 11) is 0. The van der Waals surface area contributed by atoms with E-state index in [4.69, 9.17) is 27.6 Å². The Morgan fingerprint density at radius 3 is 2.57 bits per heavy atom. The molecule has 3 aromatic rings. The molecule has 4 nitrogen and oxygen atoms in total. The summed E-state index contributed by atoms with van der Waals surface area (Å²) in [6.07, 6.45) is 3.12. The van der Waals surface area contributed by atoms with E-state index in [1.54, 1.807) is 36.4 Å². The van der Waals surface area contributed by atoms with Crippen LogP contribution in [0.15, 0.2) is 70.0 Å². The minimum Gasteiger partial charge on any atom is -0.457 e. The molecular formula is C23H17Cl2NO3S. The average molecular weight is 458 g/mol. The number of furan rings is 1. The smallest absolute Gasteiger partial charge is 0.293 e. The summed E-state index contributed by atoms with van der Waals surface area (Å²) >= 11 is 13.1. The zero-order chi connectivity index (χ0) is 21.1. The van der Waals surface area contributed by atoms with Crippen molar-refractivity contribution in [3.8, 4) is 11.3 Å². The minimum absolute atomic E-state index is 0.258. The number of carbonyl (C=O) groups is 2. The van der Waals surface area contributed by atoms with Crippen LogP contribution in [0.3, 0.4) is 0 Å². The van der Waals surface area contributed by atoms with Crippen LogP contribution in [0.25, 0.3) is 17.4 Å². The van der Waals surface area contributed by atoms with Crippen LogP contribution >= 0.6 is 35.0 Å². The van der Waals surface area contributed by atoms with E-state index in [0.717, 1.165) is 24.6 Å². The maximum absolute atomic E-state index is 12.7. The second-order valence-corrected chi connectivity index (χ2v) is 8.59. The van der Waals surface area contributed by atoms with Crippen LogP contribution in [0.4, 0.5) is 4.79 Å². The second-order valence-electron chi connectivity index (χ2n) is 6.75. The van der Waals surface area contributed by atoms with Crippen molar-refractivity contribution < 1.29 is 14.0 Å². The van der Waals surface area contributed by atoms with Gasteiger partial charge in [-0.3, -0.25) is 14.5 Å². The fraction of sp³-hybridized carbons (Fsp3) is 0.130. The van der Waals surface area contributed by atoms with Crippen molar-refractivity contribution in [3.05, 3.63) is 86.9 Å². The van der Waals surface area contributed by atoms with Crippen LogP contribution in [-0.4, -0.2) is 22.6 Å². The Kier molecular flexibility index (Phi) is 6.32. The molecule has 1 fully saturated rings. The molecule has 0 radical (unpaired) electrons. The lowest BCUT2D eigenvalue weighted by Gasteiger charge is -2.11. The molecule has 1 aliphatic heterocycles. The lowest BCUT2D eigenvalue weighted by Crippen LogP contribution is -2.29. The summed E-state index contributed by atoms with van der Waals surface area (Å²) in [5, 5.41) is 0.755. The number of aryl methyl sites for hydroxylation is 1. The number of hydrogen-bond donors (Lipinski definition) is 0. The highest BCUT2D eigenvalue weighted by atomic mass is 35.5. The molecule has 2 amide bonds. The monoisotopic (exact) mass is 457 g/mol. The minimum atomic E-state index is -0.291. The Bertz CT molecular complexity index is 1120. The Balaban J connectivity index is 1.44. The van der Waals surface area contributed by atoms with E-state index in [1.165, 1.54) is 10.5 Å².